The van der Waals surface area contributed by atoms with Gasteiger partial charge in [-0.15, -0.1) is 0 Å². The zero-order valence-electron chi connectivity index (χ0n) is 17.9. The van der Waals surface area contributed by atoms with Gasteiger partial charge in [-0.25, -0.2) is 9.07 Å². The summed E-state index contributed by atoms with van der Waals surface area (Å²) < 4.78 is 15.8. The van der Waals surface area contributed by atoms with Gasteiger partial charge in [-0.05, 0) is 37.6 Å². The lowest BCUT2D eigenvalue weighted by Gasteiger charge is -2.10. The van der Waals surface area contributed by atoms with Gasteiger partial charge in [0.05, 0.1) is 33.9 Å². The van der Waals surface area contributed by atoms with Crippen molar-refractivity contribution in [2.24, 2.45) is 4.99 Å². The summed E-state index contributed by atoms with van der Waals surface area (Å²) in [6, 6.07) is 4.88. The van der Waals surface area contributed by atoms with E-state index in [1.165, 1.54) is 22.8 Å². The molecule has 168 valence electrons. The average molecular weight is 460 g/mol. The molecule has 2 N–H and O–H groups in total. The van der Waals surface area contributed by atoms with Crippen LogP contribution in [0.1, 0.15) is 19.0 Å². The maximum atomic E-state index is 13.4. The number of allylic oxidation sites excluding steroid dienone is 1. The maximum absolute atomic E-state index is 13.4. The Morgan fingerprint density at radius 2 is 2.06 bits per heavy atom. The number of hydrogen-bond acceptors (Lipinski definition) is 4. The van der Waals surface area contributed by atoms with Crippen LogP contribution in [0.25, 0.3) is 16.6 Å². The second-order valence-corrected chi connectivity index (χ2v) is 7.50. The summed E-state index contributed by atoms with van der Waals surface area (Å²) in [5.41, 5.74) is 0.654. The summed E-state index contributed by atoms with van der Waals surface area (Å²) in [5, 5.41) is 5.83. The van der Waals surface area contributed by atoms with Crippen LogP contribution in [0.2, 0.25) is 5.02 Å². The number of hydrogen-bond donors (Lipinski definition) is 2. The Morgan fingerprint density at radius 1 is 1.31 bits per heavy atom. The first kappa shape index (κ1) is 23.2. The summed E-state index contributed by atoms with van der Waals surface area (Å²) in [5.74, 6) is -0.927. The van der Waals surface area contributed by atoms with E-state index in [2.05, 4.69) is 15.4 Å². The van der Waals surface area contributed by atoms with Crippen LogP contribution in [0.3, 0.4) is 0 Å². The Kier molecular flexibility index (Phi) is 7.09. The van der Waals surface area contributed by atoms with Gasteiger partial charge in [-0.2, -0.15) is 0 Å². The third-order valence-electron chi connectivity index (χ3n) is 4.97. The molecule has 0 aliphatic carbocycles. The molecule has 0 atom stereocenters. The fraction of sp³-hybridized carbons (Fsp3) is 0.273. The van der Waals surface area contributed by atoms with Crippen molar-refractivity contribution in [2.75, 3.05) is 13.6 Å². The second kappa shape index (κ2) is 9.78. The van der Waals surface area contributed by atoms with Crippen molar-refractivity contribution in [3.05, 3.63) is 73.7 Å². The molecular weight excluding hydrogens is 437 g/mol. The molecule has 2 aromatic heterocycles. The van der Waals surface area contributed by atoms with Gasteiger partial charge < -0.3 is 9.88 Å². The van der Waals surface area contributed by atoms with Crippen LogP contribution < -0.4 is 16.4 Å². The van der Waals surface area contributed by atoms with E-state index >= 15 is 0 Å². The number of aromatic amines is 1. The monoisotopic (exact) mass is 459 g/mol. The van der Waals surface area contributed by atoms with Crippen molar-refractivity contribution in [2.45, 2.75) is 26.8 Å². The first-order chi connectivity index (χ1) is 15.3. The first-order valence-electron chi connectivity index (χ1n) is 9.96. The lowest BCUT2D eigenvalue weighted by molar-refractivity contribution is -0.121. The number of aliphatic imine (C=N–C) groups is 1. The number of nitrogens with one attached hydrogen (secondary N) is 2. The number of aryl methyl sites for hydroxylation is 1. The fourth-order valence-electron chi connectivity index (χ4n) is 3.29. The molecule has 0 saturated carbocycles. The van der Waals surface area contributed by atoms with E-state index in [1.807, 2.05) is 19.1 Å². The SMILES string of the molecule is CC/C=C\C(CNC(=O)Cn1c(C)c2c(=O)n(-c3ccc(F)cc3Cl)[nH]c2cc1=O)=NC. The largest absolute Gasteiger partial charge is 0.349 e. The van der Waals surface area contributed by atoms with Crippen LogP contribution in [0.4, 0.5) is 4.39 Å². The molecule has 0 radical (unpaired) electrons. The van der Waals surface area contributed by atoms with Crippen molar-refractivity contribution in [1.82, 2.24) is 19.7 Å². The highest BCUT2D eigenvalue weighted by atomic mass is 35.5. The summed E-state index contributed by atoms with van der Waals surface area (Å²) in [4.78, 5) is 42.2. The van der Waals surface area contributed by atoms with Crippen LogP contribution in [-0.4, -0.2) is 39.6 Å². The Labute approximate surface area is 188 Å². The zero-order chi connectivity index (χ0) is 23.4. The standard InChI is InChI=1S/C22H23ClFN5O3/c1-4-5-6-15(25-3)11-26-19(30)12-28-13(2)21-17(10-20(28)31)27-29(22(21)32)18-8-7-14(24)9-16(18)23/h5-10,27H,4,11-12H2,1-3H3,(H,26,30)/b6-5-,25-15?. The Morgan fingerprint density at radius 3 is 2.72 bits per heavy atom. The highest BCUT2D eigenvalue weighted by Crippen LogP contribution is 2.21. The fourth-order valence-corrected chi connectivity index (χ4v) is 3.55. The van der Waals surface area contributed by atoms with Gasteiger partial charge in [-0.1, -0.05) is 24.6 Å². The Bertz CT molecular complexity index is 1350. The molecule has 1 amide bonds. The van der Waals surface area contributed by atoms with Crippen molar-refractivity contribution in [3.63, 3.8) is 0 Å². The molecule has 2 heterocycles. The number of fused-ring (bicyclic) bond motifs is 1. The minimum Gasteiger partial charge on any atom is -0.349 e. The summed E-state index contributed by atoms with van der Waals surface area (Å²) in [7, 11) is 1.63. The van der Waals surface area contributed by atoms with Crippen molar-refractivity contribution in [1.29, 1.82) is 0 Å². The topological polar surface area (TPSA) is 101 Å². The van der Waals surface area contributed by atoms with E-state index in [0.717, 1.165) is 17.2 Å². The molecule has 0 bridgehead atoms. The van der Waals surface area contributed by atoms with Gasteiger partial charge >= 0.3 is 0 Å². The van der Waals surface area contributed by atoms with Crippen LogP contribution in [0.5, 0.6) is 0 Å². The maximum Gasteiger partial charge on any atom is 0.280 e. The minimum absolute atomic E-state index is 0.0384. The molecule has 1 aromatic carbocycles. The van der Waals surface area contributed by atoms with Gasteiger partial charge in [0, 0.05) is 18.8 Å². The molecule has 0 spiro atoms. The molecule has 0 saturated heterocycles. The van der Waals surface area contributed by atoms with Crippen molar-refractivity contribution in [3.8, 4) is 5.69 Å². The van der Waals surface area contributed by atoms with Crippen LogP contribution in [-0.2, 0) is 11.3 Å². The Balaban J connectivity index is 1.93. The van der Waals surface area contributed by atoms with E-state index in [0.29, 0.717) is 16.9 Å². The summed E-state index contributed by atoms with van der Waals surface area (Å²) in [6.07, 6.45) is 4.60. The Hall–Kier alpha value is -3.46. The van der Waals surface area contributed by atoms with Gasteiger partial charge in [0.25, 0.3) is 11.1 Å². The van der Waals surface area contributed by atoms with Crippen LogP contribution in [0, 0.1) is 12.7 Å². The van der Waals surface area contributed by atoms with E-state index in [4.69, 9.17) is 11.6 Å². The molecule has 10 heteroatoms. The summed E-state index contributed by atoms with van der Waals surface area (Å²) >= 11 is 6.08. The van der Waals surface area contributed by atoms with Crippen LogP contribution in [0.15, 0.2) is 51.0 Å². The first-order valence-corrected chi connectivity index (χ1v) is 10.3. The van der Waals surface area contributed by atoms with Gasteiger partial charge in [0.2, 0.25) is 5.91 Å². The third-order valence-corrected chi connectivity index (χ3v) is 5.27. The van der Waals surface area contributed by atoms with Gasteiger partial charge in [-0.3, -0.25) is 24.5 Å². The van der Waals surface area contributed by atoms with Crippen LogP contribution >= 0.6 is 11.6 Å². The lowest BCUT2D eigenvalue weighted by Crippen LogP contribution is -2.35. The van der Waals surface area contributed by atoms with E-state index < -0.39 is 22.8 Å². The number of H-pyrrole nitrogens is 1. The third kappa shape index (κ3) is 4.72. The minimum atomic E-state index is -0.536. The number of carbonyl (C=O) groups is 1. The number of amides is 1. The predicted octanol–water partition coefficient (Wildman–Crippen LogP) is 2.73. The molecule has 0 unspecified atom stereocenters. The van der Waals surface area contributed by atoms with Gasteiger partial charge in [0.1, 0.15) is 12.4 Å². The predicted molar refractivity (Wildman–Crippen MR) is 124 cm³/mol. The quantitative estimate of drug-likeness (QED) is 0.531. The number of rotatable bonds is 7. The summed E-state index contributed by atoms with van der Waals surface area (Å²) in [6.45, 7) is 3.55. The van der Waals surface area contributed by atoms with Crippen molar-refractivity contribution < 1.29 is 9.18 Å². The zero-order valence-corrected chi connectivity index (χ0v) is 18.7. The number of carbonyl (C=O) groups excluding carboxylic acids is 1. The molecular formula is C22H23ClFN5O3. The molecule has 3 rings (SSSR count). The molecule has 8 nitrogen and oxygen atoms in total. The van der Waals surface area contributed by atoms with Crippen molar-refractivity contribution >= 4 is 34.1 Å². The normalized spacial score (nSPS) is 12.1. The molecule has 0 aliphatic heterocycles. The average Bonchev–Trinajstić information content (AvgIpc) is 3.07. The molecule has 3 aromatic rings. The number of benzene rings is 1. The van der Waals surface area contributed by atoms with E-state index in [-0.39, 0.29) is 29.2 Å². The smallest absolute Gasteiger partial charge is 0.280 e. The molecule has 0 aliphatic rings. The second-order valence-electron chi connectivity index (χ2n) is 7.09. The number of nitrogens with zero attached hydrogens (tertiary/aromatic N) is 3. The van der Waals surface area contributed by atoms with E-state index in [9.17, 15) is 18.8 Å². The number of halogens is 2. The van der Waals surface area contributed by atoms with E-state index in [1.54, 1.807) is 14.0 Å². The van der Waals surface area contributed by atoms with Gasteiger partial charge in [0.15, 0.2) is 0 Å². The number of aromatic nitrogens is 3. The molecule has 32 heavy (non-hydrogen) atoms. The highest BCUT2D eigenvalue weighted by Gasteiger charge is 2.18. The highest BCUT2D eigenvalue weighted by molar-refractivity contribution is 6.32. The number of pyridine rings is 1. The lowest BCUT2D eigenvalue weighted by atomic mass is 10.2. The molecule has 0 fully saturated rings.